The quantitative estimate of drug-likeness (QED) is 0.686. The number of aliphatic carboxylic acids is 1. The van der Waals surface area contributed by atoms with Crippen molar-refractivity contribution < 1.29 is 9.90 Å². The summed E-state index contributed by atoms with van der Waals surface area (Å²) in [6.45, 7) is 9.00. The van der Waals surface area contributed by atoms with Gasteiger partial charge in [-0.2, -0.15) is 0 Å². The normalized spacial score (nSPS) is 16.1. The molecule has 3 nitrogen and oxygen atoms in total. The lowest BCUT2D eigenvalue weighted by molar-refractivity contribution is -0.139. The molecule has 0 radical (unpaired) electrons. The standard InChI is InChI=1S/C12H25NO2/c1-5-12(4,9-13)7-6-11(2,3)8-10(14)15/h5-9,13H2,1-4H3,(H,14,15). The molecule has 0 fully saturated rings. The first-order valence-corrected chi connectivity index (χ1v) is 5.66. The lowest BCUT2D eigenvalue weighted by Gasteiger charge is -2.31. The Bertz CT molecular complexity index is 208. The Kier molecular flexibility index (Phi) is 5.29. The Morgan fingerprint density at radius 2 is 1.80 bits per heavy atom. The van der Waals surface area contributed by atoms with E-state index < -0.39 is 5.97 Å². The predicted octanol–water partition coefficient (Wildman–Crippen LogP) is 2.64. The lowest BCUT2D eigenvalue weighted by Crippen LogP contribution is -2.29. The van der Waals surface area contributed by atoms with Gasteiger partial charge in [0.25, 0.3) is 0 Å². The van der Waals surface area contributed by atoms with Gasteiger partial charge in [0.05, 0.1) is 6.42 Å². The van der Waals surface area contributed by atoms with Gasteiger partial charge in [-0.3, -0.25) is 4.79 Å². The van der Waals surface area contributed by atoms with E-state index in [1.54, 1.807) is 0 Å². The summed E-state index contributed by atoms with van der Waals surface area (Å²) in [5.41, 5.74) is 5.77. The molecular weight excluding hydrogens is 190 g/mol. The summed E-state index contributed by atoms with van der Waals surface area (Å²) in [5.74, 6) is -0.717. The minimum absolute atomic E-state index is 0.128. The van der Waals surface area contributed by atoms with Crippen LogP contribution in [0.3, 0.4) is 0 Å². The van der Waals surface area contributed by atoms with Crippen molar-refractivity contribution in [2.45, 2.75) is 53.4 Å². The second-order valence-electron chi connectivity index (χ2n) is 5.60. The Morgan fingerprint density at radius 3 is 2.13 bits per heavy atom. The highest BCUT2D eigenvalue weighted by molar-refractivity contribution is 5.67. The molecule has 0 bridgehead atoms. The molecule has 1 atom stereocenters. The topological polar surface area (TPSA) is 63.3 Å². The van der Waals surface area contributed by atoms with Gasteiger partial charge in [-0.1, -0.05) is 27.7 Å². The van der Waals surface area contributed by atoms with Gasteiger partial charge >= 0.3 is 5.97 Å². The third kappa shape index (κ3) is 5.78. The van der Waals surface area contributed by atoms with Gasteiger partial charge in [-0.15, -0.1) is 0 Å². The van der Waals surface area contributed by atoms with Crippen LogP contribution >= 0.6 is 0 Å². The van der Waals surface area contributed by atoms with E-state index in [1.165, 1.54) is 0 Å². The SMILES string of the molecule is CCC(C)(CN)CCC(C)(C)CC(=O)O. The number of hydrogen-bond acceptors (Lipinski definition) is 2. The third-order valence-corrected chi connectivity index (χ3v) is 3.38. The maximum absolute atomic E-state index is 10.7. The maximum atomic E-state index is 10.7. The smallest absolute Gasteiger partial charge is 0.303 e. The van der Waals surface area contributed by atoms with Crippen molar-refractivity contribution >= 4 is 5.97 Å². The monoisotopic (exact) mass is 215 g/mol. The average Bonchev–Trinajstić information content (AvgIpc) is 2.12. The van der Waals surface area contributed by atoms with Gasteiger partial charge in [0.15, 0.2) is 0 Å². The number of nitrogens with two attached hydrogens (primary N) is 1. The minimum Gasteiger partial charge on any atom is -0.481 e. The Morgan fingerprint density at radius 1 is 1.27 bits per heavy atom. The molecule has 0 spiro atoms. The molecule has 0 aliphatic rings. The Labute approximate surface area is 93.0 Å². The van der Waals surface area contributed by atoms with Crippen molar-refractivity contribution in [3.63, 3.8) is 0 Å². The largest absolute Gasteiger partial charge is 0.481 e. The number of carboxylic acid groups (broad SMARTS) is 1. The molecular formula is C12H25NO2. The van der Waals surface area contributed by atoms with E-state index in [-0.39, 0.29) is 17.3 Å². The van der Waals surface area contributed by atoms with E-state index in [9.17, 15) is 4.79 Å². The highest BCUT2D eigenvalue weighted by Crippen LogP contribution is 2.34. The Balaban J connectivity index is 4.18. The molecule has 0 aromatic rings. The summed E-state index contributed by atoms with van der Waals surface area (Å²) >= 11 is 0. The molecule has 0 heterocycles. The molecule has 3 heteroatoms. The van der Waals surface area contributed by atoms with Crippen LogP contribution in [0.2, 0.25) is 0 Å². The summed E-state index contributed by atoms with van der Waals surface area (Å²) < 4.78 is 0. The van der Waals surface area contributed by atoms with Crippen molar-refractivity contribution in [1.29, 1.82) is 0 Å². The number of carboxylic acids is 1. The summed E-state index contributed by atoms with van der Waals surface area (Å²) in [6.07, 6.45) is 3.20. The zero-order valence-corrected chi connectivity index (χ0v) is 10.5. The maximum Gasteiger partial charge on any atom is 0.303 e. The van der Waals surface area contributed by atoms with Crippen molar-refractivity contribution in [3.05, 3.63) is 0 Å². The second-order valence-corrected chi connectivity index (χ2v) is 5.60. The molecule has 0 aromatic carbocycles. The molecule has 0 rings (SSSR count). The highest BCUT2D eigenvalue weighted by Gasteiger charge is 2.27. The number of hydrogen-bond donors (Lipinski definition) is 2. The fraction of sp³-hybridized carbons (Fsp3) is 0.917. The molecule has 0 amide bonds. The van der Waals surface area contributed by atoms with Gasteiger partial charge < -0.3 is 10.8 Å². The van der Waals surface area contributed by atoms with Crippen LogP contribution < -0.4 is 5.73 Å². The van der Waals surface area contributed by atoms with Crippen LogP contribution in [-0.4, -0.2) is 17.6 Å². The average molecular weight is 215 g/mol. The summed E-state index contributed by atoms with van der Waals surface area (Å²) in [5, 5.41) is 8.77. The summed E-state index contributed by atoms with van der Waals surface area (Å²) in [6, 6.07) is 0. The molecule has 0 aliphatic heterocycles. The summed E-state index contributed by atoms with van der Waals surface area (Å²) in [4.78, 5) is 10.7. The zero-order valence-electron chi connectivity index (χ0n) is 10.5. The molecule has 15 heavy (non-hydrogen) atoms. The fourth-order valence-corrected chi connectivity index (χ4v) is 1.56. The van der Waals surface area contributed by atoms with Crippen molar-refractivity contribution in [2.75, 3.05) is 6.54 Å². The molecule has 90 valence electrons. The second kappa shape index (κ2) is 5.50. The van der Waals surface area contributed by atoms with Crippen molar-refractivity contribution in [3.8, 4) is 0 Å². The van der Waals surface area contributed by atoms with Gasteiger partial charge in [-0.25, -0.2) is 0 Å². The first-order chi connectivity index (χ1) is 6.74. The van der Waals surface area contributed by atoms with Crippen LogP contribution in [0.5, 0.6) is 0 Å². The van der Waals surface area contributed by atoms with Gasteiger partial charge in [-0.05, 0) is 36.6 Å². The van der Waals surface area contributed by atoms with Crippen LogP contribution in [0.4, 0.5) is 0 Å². The molecule has 1 unspecified atom stereocenters. The highest BCUT2D eigenvalue weighted by atomic mass is 16.4. The first-order valence-electron chi connectivity index (χ1n) is 5.66. The van der Waals surface area contributed by atoms with Crippen molar-refractivity contribution in [1.82, 2.24) is 0 Å². The molecule has 0 aromatic heterocycles. The van der Waals surface area contributed by atoms with Crippen LogP contribution in [0.25, 0.3) is 0 Å². The van der Waals surface area contributed by atoms with E-state index in [4.69, 9.17) is 10.8 Å². The van der Waals surface area contributed by atoms with Crippen LogP contribution in [0.1, 0.15) is 53.4 Å². The predicted molar refractivity (Wildman–Crippen MR) is 62.7 cm³/mol. The zero-order chi connectivity index (χ0) is 12.1. The Hall–Kier alpha value is -0.570. The van der Waals surface area contributed by atoms with Crippen molar-refractivity contribution in [2.24, 2.45) is 16.6 Å². The van der Waals surface area contributed by atoms with E-state index in [1.807, 2.05) is 13.8 Å². The minimum atomic E-state index is -0.717. The number of carbonyl (C=O) groups is 1. The molecule has 0 aliphatic carbocycles. The fourth-order valence-electron chi connectivity index (χ4n) is 1.56. The van der Waals surface area contributed by atoms with Crippen LogP contribution in [0, 0.1) is 10.8 Å². The van der Waals surface area contributed by atoms with Crippen LogP contribution in [-0.2, 0) is 4.79 Å². The van der Waals surface area contributed by atoms with E-state index >= 15 is 0 Å². The van der Waals surface area contributed by atoms with Gasteiger partial charge in [0, 0.05) is 0 Å². The van der Waals surface area contributed by atoms with E-state index in [0.717, 1.165) is 19.3 Å². The third-order valence-electron chi connectivity index (χ3n) is 3.38. The van der Waals surface area contributed by atoms with E-state index in [0.29, 0.717) is 6.54 Å². The van der Waals surface area contributed by atoms with Crippen LogP contribution in [0.15, 0.2) is 0 Å². The lowest BCUT2D eigenvalue weighted by atomic mass is 9.75. The first kappa shape index (κ1) is 14.4. The summed E-state index contributed by atoms with van der Waals surface area (Å²) in [7, 11) is 0. The van der Waals surface area contributed by atoms with E-state index in [2.05, 4.69) is 13.8 Å². The number of rotatable bonds is 7. The van der Waals surface area contributed by atoms with Gasteiger partial charge in [0.1, 0.15) is 0 Å². The molecule has 0 saturated carbocycles. The molecule has 3 N–H and O–H groups in total. The van der Waals surface area contributed by atoms with Gasteiger partial charge in [0.2, 0.25) is 0 Å². The molecule has 0 saturated heterocycles.